The zero-order chi connectivity index (χ0) is 22.5. The van der Waals surface area contributed by atoms with E-state index in [1.807, 2.05) is 49.5 Å². The van der Waals surface area contributed by atoms with Crippen LogP contribution in [0.2, 0.25) is 10.0 Å². The Hall–Kier alpha value is -1.72. The molecule has 6 heteroatoms. The number of likely N-dealkylation sites (N-methyl/N-ethyl adjacent to an activating group) is 1. The summed E-state index contributed by atoms with van der Waals surface area (Å²) in [5, 5.41) is 4.46. The van der Waals surface area contributed by atoms with Crippen molar-refractivity contribution in [2.75, 3.05) is 7.05 Å². The fraction of sp³-hybridized carbons (Fsp3) is 0.440. The maximum atomic E-state index is 12.2. The molecule has 3 N–H and O–H groups in total. The van der Waals surface area contributed by atoms with Crippen molar-refractivity contribution in [3.05, 3.63) is 69.7 Å². The van der Waals surface area contributed by atoms with Crippen LogP contribution in [-0.2, 0) is 20.7 Å². The van der Waals surface area contributed by atoms with E-state index in [9.17, 15) is 9.59 Å². The molecule has 2 aliphatic carbocycles. The van der Waals surface area contributed by atoms with Crippen molar-refractivity contribution in [1.29, 1.82) is 0 Å². The molecule has 0 saturated heterocycles. The Bertz CT molecular complexity index is 949. The van der Waals surface area contributed by atoms with Gasteiger partial charge in [-0.3, -0.25) is 9.59 Å². The Morgan fingerprint density at radius 2 is 1.29 bits per heavy atom. The second-order valence-electron chi connectivity index (χ2n) is 8.35. The summed E-state index contributed by atoms with van der Waals surface area (Å²) in [5.74, 6) is 0.371. The monoisotopic (exact) mass is 460 g/mol. The van der Waals surface area contributed by atoms with Crippen LogP contribution in [-0.4, -0.2) is 18.6 Å². The lowest BCUT2D eigenvalue weighted by Crippen LogP contribution is -2.49. The molecule has 2 fully saturated rings. The molecule has 0 amide bonds. The summed E-state index contributed by atoms with van der Waals surface area (Å²) in [7, 11) is 1.84. The molecule has 0 bridgehead atoms. The van der Waals surface area contributed by atoms with Crippen LogP contribution in [0.15, 0.2) is 48.5 Å². The molecular formula is C25H30Cl2N2O2. The highest BCUT2D eigenvalue weighted by molar-refractivity contribution is 6.32. The summed E-state index contributed by atoms with van der Waals surface area (Å²) >= 11 is 12.3. The number of Topliss-reactive ketones (excluding diaryl/α,β-unsaturated/α-hetero) is 2. The highest BCUT2D eigenvalue weighted by Gasteiger charge is 2.41. The standard InChI is InChI=1S/C13H16ClNO.C12H14ClNO/c1-15-13(9-5-4-8-12(13)16)10-6-2-3-7-11(10)14;13-10-6-2-1-5-9(10)12(14)8-4-3-7-11(12)15/h2-3,6-7,15H,4-5,8-9H2,1H3;1-2,5-6H,3-4,7-8,14H2. The van der Waals surface area contributed by atoms with E-state index in [-0.39, 0.29) is 11.6 Å². The van der Waals surface area contributed by atoms with Crippen LogP contribution in [0.1, 0.15) is 62.5 Å². The molecule has 4 rings (SSSR count). The lowest BCUT2D eigenvalue weighted by atomic mass is 9.75. The topological polar surface area (TPSA) is 72.2 Å². The summed E-state index contributed by atoms with van der Waals surface area (Å²) in [5.41, 5.74) is 6.48. The number of ketones is 2. The average Bonchev–Trinajstić information content (AvgIpc) is 2.78. The summed E-state index contributed by atoms with van der Waals surface area (Å²) in [6.07, 6.45) is 6.76. The molecule has 2 saturated carbocycles. The summed E-state index contributed by atoms with van der Waals surface area (Å²) in [4.78, 5) is 24.1. The summed E-state index contributed by atoms with van der Waals surface area (Å²) in [6.45, 7) is 0. The van der Waals surface area contributed by atoms with E-state index in [0.29, 0.717) is 29.3 Å². The van der Waals surface area contributed by atoms with Gasteiger partial charge >= 0.3 is 0 Å². The van der Waals surface area contributed by atoms with E-state index < -0.39 is 11.1 Å². The number of hydrogen-bond donors (Lipinski definition) is 2. The Labute approximate surface area is 194 Å². The van der Waals surface area contributed by atoms with E-state index >= 15 is 0 Å². The van der Waals surface area contributed by atoms with Crippen LogP contribution >= 0.6 is 23.2 Å². The van der Waals surface area contributed by atoms with Gasteiger partial charge in [0.25, 0.3) is 0 Å². The second-order valence-corrected chi connectivity index (χ2v) is 9.16. The Morgan fingerprint density at radius 1 is 0.774 bits per heavy atom. The quantitative estimate of drug-likeness (QED) is 0.630. The highest BCUT2D eigenvalue weighted by Crippen LogP contribution is 2.38. The van der Waals surface area contributed by atoms with Gasteiger partial charge in [-0.2, -0.15) is 0 Å². The number of nitrogens with one attached hydrogen (secondary N) is 1. The number of nitrogens with two attached hydrogens (primary N) is 1. The van der Waals surface area contributed by atoms with E-state index in [0.717, 1.165) is 43.2 Å². The Kier molecular flexibility index (Phi) is 7.92. The van der Waals surface area contributed by atoms with Crippen molar-refractivity contribution < 1.29 is 9.59 Å². The average molecular weight is 461 g/mol. The van der Waals surface area contributed by atoms with E-state index in [2.05, 4.69) is 5.32 Å². The van der Waals surface area contributed by atoms with Gasteiger partial charge in [0.05, 0.1) is 0 Å². The number of hydrogen-bond acceptors (Lipinski definition) is 4. The maximum Gasteiger partial charge on any atom is 0.157 e. The molecule has 0 spiro atoms. The van der Waals surface area contributed by atoms with Gasteiger partial charge in [-0.1, -0.05) is 72.4 Å². The molecule has 2 unspecified atom stereocenters. The third-order valence-electron chi connectivity index (χ3n) is 6.52. The molecule has 2 aromatic carbocycles. The number of carbonyl (C=O) groups excluding carboxylic acids is 2. The van der Waals surface area contributed by atoms with Crippen molar-refractivity contribution in [2.45, 2.75) is 62.4 Å². The molecular weight excluding hydrogens is 431 g/mol. The van der Waals surface area contributed by atoms with Crippen LogP contribution in [0.4, 0.5) is 0 Å². The first kappa shape index (κ1) is 23.9. The van der Waals surface area contributed by atoms with Gasteiger partial charge in [-0.15, -0.1) is 0 Å². The normalized spacial score (nSPS) is 26.2. The van der Waals surface area contributed by atoms with Gasteiger partial charge in [-0.25, -0.2) is 0 Å². The minimum atomic E-state index is -0.851. The zero-order valence-electron chi connectivity index (χ0n) is 17.9. The minimum Gasteiger partial charge on any atom is -0.315 e. The summed E-state index contributed by atoms with van der Waals surface area (Å²) < 4.78 is 0. The molecule has 4 nitrogen and oxygen atoms in total. The van der Waals surface area contributed by atoms with E-state index in [1.165, 1.54) is 0 Å². The minimum absolute atomic E-state index is 0.113. The lowest BCUT2D eigenvalue weighted by Gasteiger charge is -2.36. The molecule has 2 atom stereocenters. The Balaban J connectivity index is 0.000000176. The largest absolute Gasteiger partial charge is 0.315 e. The first-order valence-electron chi connectivity index (χ1n) is 10.9. The third-order valence-corrected chi connectivity index (χ3v) is 7.18. The molecule has 0 aliphatic heterocycles. The fourth-order valence-electron chi connectivity index (χ4n) is 4.68. The Morgan fingerprint density at radius 3 is 1.81 bits per heavy atom. The van der Waals surface area contributed by atoms with Crippen molar-refractivity contribution >= 4 is 34.8 Å². The first-order valence-corrected chi connectivity index (χ1v) is 11.6. The van der Waals surface area contributed by atoms with Gasteiger partial charge in [0.15, 0.2) is 11.6 Å². The van der Waals surface area contributed by atoms with Crippen molar-refractivity contribution in [3.63, 3.8) is 0 Å². The third kappa shape index (κ3) is 4.88. The lowest BCUT2D eigenvalue weighted by molar-refractivity contribution is -0.128. The van der Waals surface area contributed by atoms with E-state index in [4.69, 9.17) is 28.9 Å². The van der Waals surface area contributed by atoms with Gasteiger partial charge in [0, 0.05) is 22.9 Å². The predicted molar refractivity (Wildman–Crippen MR) is 126 cm³/mol. The molecule has 166 valence electrons. The van der Waals surface area contributed by atoms with Crippen LogP contribution in [0.3, 0.4) is 0 Å². The number of carbonyl (C=O) groups is 2. The van der Waals surface area contributed by atoms with Crippen molar-refractivity contribution in [2.24, 2.45) is 5.73 Å². The number of benzene rings is 2. The van der Waals surface area contributed by atoms with Gasteiger partial charge in [0.1, 0.15) is 11.1 Å². The van der Waals surface area contributed by atoms with Crippen LogP contribution in [0, 0.1) is 0 Å². The molecule has 2 aliphatic rings. The van der Waals surface area contributed by atoms with Crippen molar-refractivity contribution in [3.8, 4) is 0 Å². The molecule has 0 radical (unpaired) electrons. The smallest absolute Gasteiger partial charge is 0.157 e. The predicted octanol–water partition coefficient (Wildman–Crippen LogP) is 5.53. The number of halogens is 2. The van der Waals surface area contributed by atoms with Crippen LogP contribution < -0.4 is 11.1 Å². The van der Waals surface area contributed by atoms with Gasteiger partial charge in [-0.05, 0) is 56.0 Å². The maximum absolute atomic E-state index is 12.2. The molecule has 2 aromatic rings. The molecule has 0 aromatic heterocycles. The molecule has 0 heterocycles. The first-order chi connectivity index (χ1) is 14.8. The van der Waals surface area contributed by atoms with E-state index in [1.54, 1.807) is 6.07 Å². The van der Waals surface area contributed by atoms with Gasteiger partial charge < -0.3 is 11.1 Å². The van der Waals surface area contributed by atoms with Gasteiger partial charge in [0.2, 0.25) is 0 Å². The molecule has 31 heavy (non-hydrogen) atoms. The zero-order valence-corrected chi connectivity index (χ0v) is 19.4. The fourth-order valence-corrected chi connectivity index (χ4v) is 5.28. The highest BCUT2D eigenvalue weighted by atomic mass is 35.5. The second kappa shape index (κ2) is 10.3. The number of rotatable bonds is 3. The summed E-state index contributed by atoms with van der Waals surface area (Å²) in [6, 6.07) is 15.0. The van der Waals surface area contributed by atoms with Crippen LogP contribution in [0.5, 0.6) is 0 Å². The SMILES string of the molecule is CNC1(c2ccccc2Cl)CCCCC1=O.NC1(c2ccccc2Cl)CCCCC1=O. The van der Waals surface area contributed by atoms with Crippen LogP contribution in [0.25, 0.3) is 0 Å². The van der Waals surface area contributed by atoms with Crippen molar-refractivity contribution in [1.82, 2.24) is 5.32 Å².